The van der Waals surface area contributed by atoms with Gasteiger partial charge in [0, 0.05) is 46.8 Å². The van der Waals surface area contributed by atoms with E-state index in [-0.39, 0.29) is 11.9 Å². The fraction of sp³-hybridized carbons (Fsp3) is 0.545. The Morgan fingerprint density at radius 3 is 2.23 bits per heavy atom. The number of rotatable bonds is 6. The molecule has 0 bridgehead atoms. The Hall–Kier alpha value is -2.58. The summed E-state index contributed by atoms with van der Waals surface area (Å²) in [6, 6.07) is 9.77. The summed E-state index contributed by atoms with van der Waals surface area (Å²) < 4.78 is 2.09. The summed E-state index contributed by atoms with van der Waals surface area (Å²) in [5.41, 5.74) is 1.34. The third-order valence-electron chi connectivity index (χ3n) is 6.16. The number of imide groups is 1. The largest absolute Gasteiger partial charge is 0.333 e. The molecule has 0 aliphatic carbocycles. The lowest BCUT2D eigenvalue weighted by Gasteiger charge is -2.34. The average Bonchev–Trinajstić information content (AvgIpc) is 3.11. The van der Waals surface area contributed by atoms with Crippen LogP contribution in [0.2, 0.25) is 0 Å². The zero-order chi connectivity index (χ0) is 21.3. The van der Waals surface area contributed by atoms with Gasteiger partial charge in [0.1, 0.15) is 6.54 Å². The molecule has 1 aromatic carbocycles. The van der Waals surface area contributed by atoms with Gasteiger partial charge in [-0.1, -0.05) is 37.3 Å². The van der Waals surface area contributed by atoms with E-state index >= 15 is 0 Å². The molecule has 1 atom stereocenters. The van der Waals surface area contributed by atoms with Gasteiger partial charge in [-0.25, -0.2) is 9.37 Å². The molecule has 0 N–H and O–H groups in total. The molecule has 0 saturated carbocycles. The van der Waals surface area contributed by atoms with Crippen molar-refractivity contribution in [3.05, 3.63) is 35.9 Å². The van der Waals surface area contributed by atoms with Gasteiger partial charge in [0.15, 0.2) is 0 Å². The maximum absolute atomic E-state index is 12.8. The van der Waals surface area contributed by atoms with Crippen molar-refractivity contribution in [1.82, 2.24) is 19.6 Å². The first kappa shape index (κ1) is 20.7. The van der Waals surface area contributed by atoms with Crippen molar-refractivity contribution in [2.45, 2.75) is 25.9 Å². The van der Waals surface area contributed by atoms with Crippen LogP contribution in [-0.4, -0.2) is 107 Å². The Morgan fingerprint density at radius 2 is 1.60 bits per heavy atom. The lowest BCUT2D eigenvalue weighted by Crippen LogP contribution is -2.61. The van der Waals surface area contributed by atoms with Crippen LogP contribution in [-0.2, 0) is 11.3 Å². The number of aliphatic imine (C=N–C) groups is 1. The molecule has 0 spiro atoms. The van der Waals surface area contributed by atoms with Crippen molar-refractivity contribution in [2.75, 3.05) is 53.4 Å². The van der Waals surface area contributed by atoms with E-state index in [9.17, 15) is 9.59 Å². The highest BCUT2D eigenvalue weighted by atomic mass is 16.2. The molecule has 3 aliphatic heterocycles. The van der Waals surface area contributed by atoms with Crippen LogP contribution in [0.3, 0.4) is 0 Å². The molecule has 0 radical (unpaired) electrons. The molecular weight excluding hydrogens is 380 g/mol. The molecule has 30 heavy (non-hydrogen) atoms. The van der Waals surface area contributed by atoms with E-state index in [1.165, 1.54) is 15.4 Å². The highest BCUT2D eigenvalue weighted by Gasteiger charge is 2.52. The first-order chi connectivity index (χ1) is 14.5. The molecule has 160 valence electrons. The first-order valence-corrected chi connectivity index (χ1v) is 10.7. The summed E-state index contributed by atoms with van der Waals surface area (Å²) in [6.07, 6.45) is 0.919. The Bertz CT molecular complexity index is 873. The van der Waals surface area contributed by atoms with Gasteiger partial charge in [-0.3, -0.25) is 24.4 Å². The van der Waals surface area contributed by atoms with Gasteiger partial charge in [-0.05, 0) is 17.0 Å². The summed E-state index contributed by atoms with van der Waals surface area (Å²) in [4.78, 5) is 37.5. The predicted molar refractivity (Wildman–Crippen MR) is 116 cm³/mol. The maximum atomic E-state index is 12.8. The fourth-order valence-electron chi connectivity index (χ4n) is 4.42. The van der Waals surface area contributed by atoms with E-state index < -0.39 is 6.04 Å². The number of nitrogens with zero attached hydrogens (tertiary/aromatic N) is 6. The van der Waals surface area contributed by atoms with Crippen LogP contribution in [0.5, 0.6) is 0 Å². The molecule has 2 fully saturated rings. The van der Waals surface area contributed by atoms with E-state index in [2.05, 4.69) is 51.6 Å². The highest BCUT2D eigenvalue weighted by molar-refractivity contribution is 6.23. The Balaban J connectivity index is 1.44. The Labute approximate surface area is 178 Å². The van der Waals surface area contributed by atoms with Crippen molar-refractivity contribution in [2.24, 2.45) is 4.99 Å². The standard InChI is InChI=1S/C22H31N6O2/c1-4-10-28-18(23-20-19(28)21(29)25(3)22(30)24(20)2)16-27-13-11-26(12-14-27)15-17-8-6-5-7-9-17/h5-9,19H,4,10-16H2,1-3H3/q+1. The molecule has 4 rings (SSSR count). The van der Waals surface area contributed by atoms with Crippen molar-refractivity contribution < 1.29 is 14.2 Å². The average molecular weight is 412 g/mol. The summed E-state index contributed by atoms with van der Waals surface area (Å²) in [7, 11) is 3.25. The number of benzene rings is 1. The summed E-state index contributed by atoms with van der Waals surface area (Å²) in [6.45, 7) is 8.49. The maximum Gasteiger partial charge on any atom is 0.333 e. The number of carbonyl (C=O) groups is 2. The quantitative estimate of drug-likeness (QED) is 0.654. The Kier molecular flexibility index (Phi) is 5.97. The zero-order valence-corrected chi connectivity index (χ0v) is 18.1. The molecule has 3 aliphatic rings. The molecular formula is C22H31N6O2+. The topological polar surface area (TPSA) is 62.5 Å². The Morgan fingerprint density at radius 1 is 0.967 bits per heavy atom. The van der Waals surface area contributed by atoms with Crippen LogP contribution < -0.4 is 0 Å². The lowest BCUT2D eigenvalue weighted by atomic mass is 10.1. The minimum absolute atomic E-state index is 0.187. The minimum Gasteiger partial charge on any atom is -0.297 e. The SMILES string of the molecule is CCC[N+]1=C(CN2CCN(Cc3ccccc3)CC2)N=C2C1C(=O)N(C)C(=O)N2C. The second-order valence-corrected chi connectivity index (χ2v) is 8.26. The number of carbonyl (C=O) groups excluding carboxylic acids is 2. The summed E-state index contributed by atoms with van der Waals surface area (Å²) in [5, 5.41) is 0. The molecule has 1 unspecified atom stereocenters. The number of likely N-dealkylation sites (N-methyl/N-ethyl adjacent to an activating group) is 2. The van der Waals surface area contributed by atoms with Gasteiger partial charge in [0.25, 0.3) is 17.8 Å². The monoisotopic (exact) mass is 411 g/mol. The second kappa shape index (κ2) is 8.65. The van der Waals surface area contributed by atoms with E-state index in [1.807, 2.05) is 0 Å². The lowest BCUT2D eigenvalue weighted by molar-refractivity contribution is -0.536. The van der Waals surface area contributed by atoms with Gasteiger partial charge in [0.2, 0.25) is 0 Å². The van der Waals surface area contributed by atoms with E-state index in [0.717, 1.165) is 51.5 Å². The molecule has 8 heteroatoms. The number of amidine groups is 2. The number of fused-ring (bicyclic) bond motifs is 1. The number of amides is 3. The fourth-order valence-corrected chi connectivity index (χ4v) is 4.42. The van der Waals surface area contributed by atoms with Crippen LogP contribution in [0.25, 0.3) is 0 Å². The summed E-state index contributed by atoms with van der Waals surface area (Å²) >= 11 is 0. The number of urea groups is 1. The highest BCUT2D eigenvalue weighted by Crippen LogP contribution is 2.20. The molecule has 8 nitrogen and oxygen atoms in total. The number of piperazine rings is 1. The minimum atomic E-state index is -0.480. The van der Waals surface area contributed by atoms with Crippen LogP contribution in [0.15, 0.2) is 35.3 Å². The number of hydrogen-bond donors (Lipinski definition) is 0. The zero-order valence-electron chi connectivity index (χ0n) is 18.1. The summed E-state index contributed by atoms with van der Waals surface area (Å²) in [5.74, 6) is 1.28. The molecule has 3 heterocycles. The third kappa shape index (κ3) is 3.89. The van der Waals surface area contributed by atoms with Crippen LogP contribution >= 0.6 is 0 Å². The molecule has 1 aromatic rings. The van der Waals surface area contributed by atoms with Gasteiger partial charge in [-0.15, -0.1) is 0 Å². The molecule has 3 amide bonds. The van der Waals surface area contributed by atoms with Crippen molar-refractivity contribution in [3.63, 3.8) is 0 Å². The van der Waals surface area contributed by atoms with Crippen LogP contribution in [0.4, 0.5) is 4.79 Å². The van der Waals surface area contributed by atoms with E-state index in [1.54, 1.807) is 14.1 Å². The van der Waals surface area contributed by atoms with Crippen molar-refractivity contribution in [3.8, 4) is 0 Å². The van der Waals surface area contributed by atoms with Crippen molar-refractivity contribution >= 4 is 23.6 Å². The molecule has 2 saturated heterocycles. The third-order valence-corrected chi connectivity index (χ3v) is 6.16. The van der Waals surface area contributed by atoms with E-state index in [4.69, 9.17) is 4.99 Å². The van der Waals surface area contributed by atoms with Gasteiger partial charge >= 0.3 is 11.9 Å². The van der Waals surface area contributed by atoms with Gasteiger partial charge in [-0.2, -0.15) is 0 Å². The normalized spacial score (nSPS) is 23.3. The molecule has 0 aromatic heterocycles. The van der Waals surface area contributed by atoms with Crippen LogP contribution in [0, 0.1) is 0 Å². The number of hydrogen-bond acceptors (Lipinski definition) is 5. The van der Waals surface area contributed by atoms with E-state index in [0.29, 0.717) is 12.4 Å². The van der Waals surface area contributed by atoms with Crippen molar-refractivity contribution in [1.29, 1.82) is 0 Å². The van der Waals surface area contributed by atoms with Gasteiger partial charge in [0.05, 0.1) is 6.54 Å². The van der Waals surface area contributed by atoms with Gasteiger partial charge < -0.3 is 0 Å². The smallest absolute Gasteiger partial charge is 0.297 e. The first-order valence-electron chi connectivity index (χ1n) is 10.7. The predicted octanol–water partition coefficient (Wildman–Crippen LogP) is 0.930. The van der Waals surface area contributed by atoms with Crippen LogP contribution in [0.1, 0.15) is 18.9 Å². The second-order valence-electron chi connectivity index (χ2n) is 8.26.